The Bertz CT molecular complexity index is 1260. The minimum atomic E-state index is -0.674. The summed E-state index contributed by atoms with van der Waals surface area (Å²) in [5.74, 6) is 0.690. The standard InChI is InChI=1S/C21H16FN5O4/c1-30-19-11-18-16(10-17(19)23)20(26-21(25-18)27(28)29)24-13-4-8-15(9-5-13)31-14-6-2-12(22)3-7-14/h2-11H,23H2,1H3,(H,24,25,26). The maximum absolute atomic E-state index is 13.0. The van der Waals surface area contributed by atoms with E-state index in [1.807, 2.05) is 0 Å². The number of hydrogen-bond acceptors (Lipinski definition) is 8. The van der Waals surface area contributed by atoms with E-state index in [0.29, 0.717) is 39.5 Å². The van der Waals surface area contributed by atoms with Gasteiger partial charge in [0.05, 0.1) is 18.2 Å². The molecule has 0 radical (unpaired) electrons. The van der Waals surface area contributed by atoms with Gasteiger partial charge in [-0.3, -0.25) is 0 Å². The van der Waals surface area contributed by atoms with Crippen molar-refractivity contribution in [2.24, 2.45) is 0 Å². The molecule has 0 saturated carbocycles. The number of nitro groups is 1. The SMILES string of the molecule is COc1cc2nc([N+](=O)[O-])nc(Nc3ccc(Oc4ccc(F)cc4)cc3)c2cc1N. The molecule has 0 fully saturated rings. The van der Waals surface area contributed by atoms with Gasteiger partial charge in [-0.2, -0.15) is 0 Å². The van der Waals surface area contributed by atoms with Crippen molar-refractivity contribution in [1.82, 2.24) is 9.97 Å². The van der Waals surface area contributed by atoms with Gasteiger partial charge in [0.1, 0.15) is 23.1 Å². The van der Waals surface area contributed by atoms with Crippen molar-refractivity contribution in [1.29, 1.82) is 0 Å². The van der Waals surface area contributed by atoms with Crippen molar-refractivity contribution in [3.8, 4) is 17.2 Å². The van der Waals surface area contributed by atoms with E-state index in [1.165, 1.54) is 37.4 Å². The summed E-state index contributed by atoms with van der Waals surface area (Å²) in [5.41, 5.74) is 7.24. The fourth-order valence-corrected chi connectivity index (χ4v) is 2.90. The van der Waals surface area contributed by atoms with Crippen molar-refractivity contribution < 1.29 is 18.8 Å². The summed E-state index contributed by atoms with van der Waals surface area (Å²) in [6.45, 7) is 0. The Morgan fingerprint density at radius 2 is 1.68 bits per heavy atom. The van der Waals surface area contributed by atoms with Gasteiger partial charge in [0.15, 0.2) is 5.52 Å². The summed E-state index contributed by atoms with van der Waals surface area (Å²) in [6, 6.07) is 15.6. The van der Waals surface area contributed by atoms with E-state index in [0.717, 1.165) is 0 Å². The fourth-order valence-electron chi connectivity index (χ4n) is 2.90. The van der Waals surface area contributed by atoms with Crippen LogP contribution < -0.4 is 20.5 Å². The van der Waals surface area contributed by atoms with Crippen LogP contribution in [0.15, 0.2) is 60.7 Å². The molecule has 4 rings (SSSR count). The third-order valence-electron chi connectivity index (χ3n) is 4.37. The highest BCUT2D eigenvalue weighted by molar-refractivity contribution is 5.95. The van der Waals surface area contributed by atoms with Crippen LogP contribution in [0.1, 0.15) is 0 Å². The summed E-state index contributed by atoms with van der Waals surface area (Å²) in [4.78, 5) is 18.6. The van der Waals surface area contributed by atoms with Gasteiger partial charge < -0.3 is 30.6 Å². The molecule has 156 valence electrons. The zero-order valence-electron chi connectivity index (χ0n) is 16.2. The number of nitrogen functional groups attached to an aromatic ring is 1. The van der Waals surface area contributed by atoms with Gasteiger partial charge in [-0.05, 0) is 64.5 Å². The third kappa shape index (κ3) is 4.27. The number of benzene rings is 3. The van der Waals surface area contributed by atoms with Crippen LogP contribution in [0.4, 0.5) is 27.5 Å². The number of nitrogens with zero attached hydrogens (tertiary/aromatic N) is 3. The molecule has 0 aliphatic carbocycles. The second-order valence-electron chi connectivity index (χ2n) is 6.45. The molecule has 9 nitrogen and oxygen atoms in total. The summed E-state index contributed by atoms with van der Waals surface area (Å²) in [7, 11) is 1.45. The molecule has 0 aliphatic heterocycles. The van der Waals surface area contributed by atoms with Gasteiger partial charge in [0.2, 0.25) is 5.82 Å². The van der Waals surface area contributed by atoms with Crippen LogP contribution in [0, 0.1) is 15.9 Å². The van der Waals surface area contributed by atoms with Gasteiger partial charge in [0.25, 0.3) is 0 Å². The lowest BCUT2D eigenvalue weighted by Gasteiger charge is -2.10. The molecule has 0 spiro atoms. The summed E-state index contributed by atoms with van der Waals surface area (Å²) >= 11 is 0. The highest BCUT2D eigenvalue weighted by Crippen LogP contribution is 2.33. The largest absolute Gasteiger partial charge is 0.494 e. The monoisotopic (exact) mass is 421 g/mol. The molecule has 4 aromatic rings. The van der Waals surface area contributed by atoms with Gasteiger partial charge in [-0.25, -0.2) is 4.39 Å². The summed E-state index contributed by atoms with van der Waals surface area (Å²) < 4.78 is 23.8. The lowest BCUT2D eigenvalue weighted by molar-refractivity contribution is -0.394. The number of aromatic nitrogens is 2. The zero-order valence-corrected chi connectivity index (χ0v) is 16.2. The molecule has 0 atom stereocenters. The molecular formula is C21H16FN5O4. The van der Waals surface area contributed by atoms with Gasteiger partial charge >= 0.3 is 5.95 Å². The maximum atomic E-state index is 13.0. The first-order chi connectivity index (χ1) is 14.9. The normalized spacial score (nSPS) is 10.6. The molecule has 1 heterocycles. The van der Waals surface area contributed by atoms with Crippen LogP contribution >= 0.6 is 0 Å². The molecule has 0 aliphatic rings. The molecule has 0 amide bonds. The predicted molar refractivity (Wildman–Crippen MR) is 113 cm³/mol. The van der Waals surface area contributed by atoms with Crippen molar-refractivity contribution in [3.63, 3.8) is 0 Å². The number of fused-ring (bicyclic) bond motifs is 1. The number of halogens is 1. The number of hydrogen-bond donors (Lipinski definition) is 2. The number of rotatable bonds is 6. The Labute approximate surface area is 175 Å². The van der Waals surface area contributed by atoms with Crippen LogP contribution in [0.3, 0.4) is 0 Å². The second-order valence-corrected chi connectivity index (χ2v) is 6.45. The minimum Gasteiger partial charge on any atom is -0.494 e. The molecule has 1 aromatic heterocycles. The Morgan fingerprint density at radius 3 is 2.29 bits per heavy atom. The van der Waals surface area contributed by atoms with E-state index in [4.69, 9.17) is 15.2 Å². The molecule has 0 unspecified atom stereocenters. The Hall–Kier alpha value is -4.47. The van der Waals surface area contributed by atoms with E-state index in [9.17, 15) is 14.5 Å². The second kappa shape index (κ2) is 8.11. The topological polar surface area (TPSA) is 125 Å². The summed E-state index contributed by atoms with van der Waals surface area (Å²) in [5, 5.41) is 14.8. The molecule has 0 bridgehead atoms. The quantitative estimate of drug-likeness (QED) is 0.258. The van der Waals surface area contributed by atoms with E-state index in [-0.39, 0.29) is 11.6 Å². The van der Waals surface area contributed by atoms with E-state index >= 15 is 0 Å². The zero-order chi connectivity index (χ0) is 22.0. The lowest BCUT2D eigenvalue weighted by atomic mass is 10.2. The van der Waals surface area contributed by atoms with E-state index in [2.05, 4.69) is 15.3 Å². The fraction of sp³-hybridized carbons (Fsp3) is 0.0476. The van der Waals surface area contributed by atoms with E-state index in [1.54, 1.807) is 30.3 Å². The van der Waals surface area contributed by atoms with Crippen molar-refractivity contribution in [3.05, 3.63) is 76.6 Å². The molecule has 31 heavy (non-hydrogen) atoms. The Kier molecular flexibility index (Phi) is 5.19. The number of methoxy groups -OCH3 is 1. The average Bonchev–Trinajstić information content (AvgIpc) is 2.76. The van der Waals surface area contributed by atoms with E-state index < -0.39 is 10.9 Å². The molecule has 3 N–H and O–H groups in total. The van der Waals surface area contributed by atoms with Crippen LogP contribution in [0.5, 0.6) is 17.2 Å². The van der Waals surface area contributed by atoms with Crippen LogP contribution in [0.25, 0.3) is 10.9 Å². The first-order valence-electron chi connectivity index (χ1n) is 9.03. The van der Waals surface area contributed by atoms with Gasteiger partial charge in [-0.1, -0.05) is 4.98 Å². The van der Waals surface area contributed by atoms with Gasteiger partial charge in [-0.15, -0.1) is 0 Å². The Balaban J connectivity index is 1.64. The maximum Gasteiger partial charge on any atom is 0.471 e. The lowest BCUT2D eigenvalue weighted by Crippen LogP contribution is -2.03. The van der Waals surface area contributed by atoms with Crippen LogP contribution in [0.2, 0.25) is 0 Å². The smallest absolute Gasteiger partial charge is 0.471 e. The molecule has 10 heteroatoms. The minimum absolute atomic E-state index is 0.221. The number of anilines is 3. The summed E-state index contributed by atoms with van der Waals surface area (Å²) in [6.07, 6.45) is 0. The van der Waals surface area contributed by atoms with Crippen molar-refractivity contribution in [2.45, 2.75) is 0 Å². The van der Waals surface area contributed by atoms with Crippen LogP contribution in [-0.2, 0) is 0 Å². The first-order valence-corrected chi connectivity index (χ1v) is 9.03. The highest BCUT2D eigenvalue weighted by Gasteiger charge is 2.20. The highest BCUT2D eigenvalue weighted by atomic mass is 19.1. The third-order valence-corrected chi connectivity index (χ3v) is 4.37. The van der Waals surface area contributed by atoms with Crippen LogP contribution in [-0.4, -0.2) is 22.0 Å². The molecular weight excluding hydrogens is 405 g/mol. The average molecular weight is 421 g/mol. The van der Waals surface area contributed by atoms with Crippen molar-refractivity contribution >= 4 is 34.0 Å². The van der Waals surface area contributed by atoms with Gasteiger partial charge in [0, 0.05) is 11.8 Å². The number of nitrogens with one attached hydrogen (secondary N) is 1. The predicted octanol–water partition coefficient (Wildman–Crippen LogP) is 4.80. The first kappa shape index (κ1) is 19.8. The number of ether oxygens (including phenoxy) is 2. The Morgan fingerprint density at radius 1 is 1.03 bits per heavy atom. The molecule has 3 aromatic carbocycles. The number of nitrogens with two attached hydrogens (primary N) is 1. The van der Waals surface area contributed by atoms with Crippen molar-refractivity contribution in [2.75, 3.05) is 18.2 Å². The molecule has 0 saturated heterocycles.